The molecule has 0 aromatic heterocycles. The first kappa shape index (κ1) is 13.3. The fraction of sp³-hybridized carbons (Fsp3) is 0.917. The number of nitrogens with zero attached hydrogens (tertiary/aromatic N) is 1. The lowest BCUT2D eigenvalue weighted by molar-refractivity contribution is 0.0117. The Balaban J connectivity index is 2.47. The van der Waals surface area contributed by atoms with Gasteiger partial charge in [0.25, 0.3) is 0 Å². The number of likely N-dealkylation sites (tertiary alicyclic amines) is 1. The second-order valence-electron chi connectivity index (χ2n) is 5.13. The molecular formula is C12H23NO3. The smallest absolute Gasteiger partial charge is 0.410 e. The van der Waals surface area contributed by atoms with Crippen LogP contribution in [0.25, 0.3) is 0 Å². The van der Waals surface area contributed by atoms with E-state index in [2.05, 4.69) is 0 Å². The molecule has 16 heavy (non-hydrogen) atoms. The minimum absolute atomic E-state index is 0.190. The third-order valence-corrected chi connectivity index (χ3v) is 2.52. The average Bonchev–Trinajstić information content (AvgIpc) is 2.59. The quantitative estimate of drug-likeness (QED) is 0.746. The van der Waals surface area contributed by atoms with E-state index in [0.29, 0.717) is 13.2 Å². The summed E-state index contributed by atoms with van der Waals surface area (Å²) in [7, 11) is 0. The molecule has 1 saturated heterocycles. The van der Waals surface area contributed by atoms with Crippen LogP contribution >= 0.6 is 0 Å². The Bertz CT molecular complexity index is 235. The minimum Gasteiger partial charge on any atom is -0.444 e. The van der Waals surface area contributed by atoms with Crippen LogP contribution in [0.3, 0.4) is 0 Å². The van der Waals surface area contributed by atoms with Gasteiger partial charge in [-0.3, -0.25) is 0 Å². The number of ether oxygens (including phenoxy) is 2. The van der Waals surface area contributed by atoms with Gasteiger partial charge in [0, 0.05) is 13.2 Å². The fourth-order valence-corrected chi connectivity index (χ4v) is 1.82. The molecular weight excluding hydrogens is 206 g/mol. The molecule has 1 atom stereocenters. The molecule has 1 rings (SSSR count). The van der Waals surface area contributed by atoms with Gasteiger partial charge in [0.05, 0.1) is 12.6 Å². The summed E-state index contributed by atoms with van der Waals surface area (Å²) in [4.78, 5) is 13.7. The van der Waals surface area contributed by atoms with Crippen LogP contribution in [-0.2, 0) is 9.47 Å². The molecule has 0 saturated carbocycles. The summed E-state index contributed by atoms with van der Waals surface area (Å²) in [6.45, 7) is 9.73. The van der Waals surface area contributed by atoms with E-state index in [4.69, 9.17) is 9.47 Å². The molecule has 0 aliphatic carbocycles. The topological polar surface area (TPSA) is 38.8 Å². The zero-order valence-corrected chi connectivity index (χ0v) is 10.8. The van der Waals surface area contributed by atoms with E-state index >= 15 is 0 Å². The molecule has 0 bridgehead atoms. The van der Waals surface area contributed by atoms with Crippen LogP contribution in [0.4, 0.5) is 4.79 Å². The lowest BCUT2D eigenvalue weighted by Crippen LogP contribution is -2.41. The Labute approximate surface area is 97.9 Å². The molecule has 0 radical (unpaired) electrons. The third kappa shape index (κ3) is 4.00. The predicted molar refractivity (Wildman–Crippen MR) is 62.5 cm³/mol. The normalized spacial score (nSPS) is 21.2. The Morgan fingerprint density at radius 2 is 2.12 bits per heavy atom. The zero-order chi connectivity index (χ0) is 12.2. The van der Waals surface area contributed by atoms with Crippen molar-refractivity contribution >= 4 is 6.09 Å². The Morgan fingerprint density at radius 3 is 2.69 bits per heavy atom. The van der Waals surface area contributed by atoms with Gasteiger partial charge in [0.15, 0.2) is 0 Å². The molecule has 94 valence electrons. The van der Waals surface area contributed by atoms with Crippen LogP contribution < -0.4 is 0 Å². The van der Waals surface area contributed by atoms with Crippen molar-refractivity contribution < 1.29 is 14.3 Å². The van der Waals surface area contributed by atoms with E-state index in [1.807, 2.05) is 27.7 Å². The van der Waals surface area contributed by atoms with Crippen molar-refractivity contribution in [2.45, 2.75) is 52.2 Å². The van der Waals surface area contributed by atoms with Crippen molar-refractivity contribution in [3.05, 3.63) is 0 Å². The van der Waals surface area contributed by atoms with Crippen molar-refractivity contribution in [3.8, 4) is 0 Å². The van der Waals surface area contributed by atoms with Crippen molar-refractivity contribution in [1.82, 2.24) is 4.90 Å². The maximum Gasteiger partial charge on any atom is 0.410 e. The van der Waals surface area contributed by atoms with Crippen molar-refractivity contribution in [2.75, 3.05) is 19.8 Å². The molecule has 4 heteroatoms. The molecule has 0 unspecified atom stereocenters. The molecule has 1 heterocycles. The van der Waals surface area contributed by atoms with Gasteiger partial charge in [-0.1, -0.05) is 0 Å². The van der Waals surface area contributed by atoms with Crippen LogP contribution in [-0.4, -0.2) is 42.4 Å². The first-order valence-corrected chi connectivity index (χ1v) is 6.01. The van der Waals surface area contributed by atoms with Crippen molar-refractivity contribution in [1.29, 1.82) is 0 Å². The summed E-state index contributed by atoms with van der Waals surface area (Å²) < 4.78 is 10.7. The fourth-order valence-electron chi connectivity index (χ4n) is 1.82. The lowest BCUT2D eigenvalue weighted by atomic mass is 10.2. The second kappa shape index (κ2) is 5.53. The maximum absolute atomic E-state index is 11.9. The molecule has 1 aliphatic heterocycles. The van der Waals surface area contributed by atoms with Gasteiger partial charge in [-0.15, -0.1) is 0 Å². The van der Waals surface area contributed by atoms with Gasteiger partial charge in [0.2, 0.25) is 0 Å². The second-order valence-corrected chi connectivity index (χ2v) is 5.13. The van der Waals surface area contributed by atoms with E-state index in [9.17, 15) is 4.79 Å². The molecule has 1 fully saturated rings. The van der Waals surface area contributed by atoms with Gasteiger partial charge >= 0.3 is 6.09 Å². The summed E-state index contributed by atoms with van der Waals surface area (Å²) in [6.07, 6.45) is 1.84. The largest absolute Gasteiger partial charge is 0.444 e. The van der Waals surface area contributed by atoms with Gasteiger partial charge < -0.3 is 14.4 Å². The summed E-state index contributed by atoms with van der Waals surface area (Å²) in [5.41, 5.74) is -0.421. The number of hydrogen-bond acceptors (Lipinski definition) is 3. The van der Waals surface area contributed by atoms with Gasteiger partial charge in [-0.2, -0.15) is 0 Å². The van der Waals surface area contributed by atoms with Crippen LogP contribution in [0, 0.1) is 0 Å². The van der Waals surface area contributed by atoms with Crippen LogP contribution in [0.15, 0.2) is 0 Å². The van der Waals surface area contributed by atoms with Crippen molar-refractivity contribution in [3.63, 3.8) is 0 Å². The molecule has 4 nitrogen and oxygen atoms in total. The first-order chi connectivity index (χ1) is 7.44. The molecule has 0 spiro atoms. The predicted octanol–water partition coefficient (Wildman–Crippen LogP) is 2.42. The van der Waals surface area contributed by atoms with E-state index < -0.39 is 5.60 Å². The minimum atomic E-state index is -0.421. The highest BCUT2D eigenvalue weighted by Gasteiger charge is 2.31. The van der Waals surface area contributed by atoms with Crippen LogP contribution in [0.1, 0.15) is 40.5 Å². The number of rotatable bonds is 3. The number of amides is 1. The summed E-state index contributed by atoms with van der Waals surface area (Å²) in [5.74, 6) is 0. The van der Waals surface area contributed by atoms with Crippen molar-refractivity contribution in [2.24, 2.45) is 0 Å². The molecule has 0 N–H and O–H groups in total. The monoisotopic (exact) mass is 229 g/mol. The van der Waals surface area contributed by atoms with Gasteiger partial charge in [-0.25, -0.2) is 4.79 Å². The lowest BCUT2D eigenvalue weighted by Gasteiger charge is -2.28. The Morgan fingerprint density at radius 1 is 1.44 bits per heavy atom. The molecule has 1 amide bonds. The van der Waals surface area contributed by atoms with Crippen LogP contribution in [0.5, 0.6) is 0 Å². The number of carbonyl (C=O) groups is 1. The average molecular weight is 229 g/mol. The SMILES string of the molecule is CCOC[C@@H]1CCCN1C(=O)OC(C)(C)C. The molecule has 0 aromatic rings. The first-order valence-electron chi connectivity index (χ1n) is 6.01. The highest BCUT2D eigenvalue weighted by Crippen LogP contribution is 2.20. The summed E-state index contributed by atoms with van der Waals surface area (Å²) >= 11 is 0. The Hall–Kier alpha value is -0.770. The third-order valence-electron chi connectivity index (χ3n) is 2.52. The van der Waals surface area contributed by atoms with E-state index in [1.54, 1.807) is 4.90 Å². The highest BCUT2D eigenvalue weighted by atomic mass is 16.6. The molecule has 0 aromatic carbocycles. The number of carbonyl (C=O) groups excluding carboxylic acids is 1. The summed E-state index contributed by atoms with van der Waals surface area (Å²) in [6, 6.07) is 0.190. The Kier molecular flexibility index (Phi) is 4.59. The standard InChI is InChI=1S/C12H23NO3/c1-5-15-9-10-7-6-8-13(10)11(14)16-12(2,3)4/h10H,5-9H2,1-4H3/t10-/m0/s1. The maximum atomic E-state index is 11.9. The van der Waals surface area contributed by atoms with Gasteiger partial charge in [0.1, 0.15) is 5.60 Å². The van der Waals surface area contributed by atoms with E-state index in [0.717, 1.165) is 19.4 Å². The number of hydrogen-bond donors (Lipinski definition) is 0. The van der Waals surface area contributed by atoms with Gasteiger partial charge in [-0.05, 0) is 40.5 Å². The summed E-state index contributed by atoms with van der Waals surface area (Å²) in [5, 5.41) is 0. The van der Waals surface area contributed by atoms with Crippen LogP contribution in [0.2, 0.25) is 0 Å². The highest BCUT2D eigenvalue weighted by molar-refractivity contribution is 5.68. The van der Waals surface area contributed by atoms with E-state index in [-0.39, 0.29) is 12.1 Å². The molecule has 1 aliphatic rings. The van der Waals surface area contributed by atoms with E-state index in [1.165, 1.54) is 0 Å². The zero-order valence-electron chi connectivity index (χ0n) is 10.8.